The van der Waals surface area contributed by atoms with Crippen molar-refractivity contribution >= 4 is 17.6 Å². The molecule has 2 amide bonds. The average Bonchev–Trinajstić information content (AvgIpc) is 3.10. The van der Waals surface area contributed by atoms with Crippen LogP contribution >= 0.6 is 0 Å². The first kappa shape index (κ1) is 22.7. The van der Waals surface area contributed by atoms with Crippen LogP contribution in [-0.2, 0) is 15.0 Å². The van der Waals surface area contributed by atoms with E-state index in [1.807, 2.05) is 43.3 Å². The Hall–Kier alpha value is -2.63. The number of rotatable bonds is 9. The number of benzene rings is 1. The first-order valence-electron chi connectivity index (χ1n) is 10.5. The summed E-state index contributed by atoms with van der Waals surface area (Å²) in [5, 5.41) is 7.69. The van der Waals surface area contributed by atoms with Gasteiger partial charge in [0.05, 0.1) is 17.9 Å². The van der Waals surface area contributed by atoms with Gasteiger partial charge in [0.25, 0.3) is 0 Å². The molecular formula is C23H34N4O2. The van der Waals surface area contributed by atoms with Gasteiger partial charge in [-0.25, -0.2) is 4.68 Å². The average molecular weight is 399 g/mol. The quantitative estimate of drug-likeness (QED) is 0.674. The van der Waals surface area contributed by atoms with E-state index in [1.54, 1.807) is 9.58 Å². The molecule has 2 rings (SSSR count). The molecule has 0 aliphatic heterocycles. The lowest BCUT2D eigenvalue weighted by molar-refractivity contribution is -0.134. The second kappa shape index (κ2) is 10.2. The van der Waals surface area contributed by atoms with Gasteiger partial charge in [-0.05, 0) is 25.0 Å². The van der Waals surface area contributed by atoms with Crippen LogP contribution in [0.4, 0.5) is 5.82 Å². The maximum absolute atomic E-state index is 12.8. The standard InChI is InChI=1S/C23H34N4O2/c1-6-8-14-22(29)26(15-7-2)17-21(28)24-20-16-19(23(3,4)5)25-27(20)18-12-10-9-11-13-18/h9-13,16H,6-8,14-15,17H2,1-5H3,(H,24,28). The summed E-state index contributed by atoms with van der Waals surface area (Å²) in [4.78, 5) is 26.9. The van der Waals surface area contributed by atoms with Crippen LogP contribution in [0.3, 0.4) is 0 Å². The third kappa shape index (κ3) is 6.44. The summed E-state index contributed by atoms with van der Waals surface area (Å²) in [7, 11) is 0. The lowest BCUT2D eigenvalue weighted by Crippen LogP contribution is -2.38. The number of hydrogen-bond acceptors (Lipinski definition) is 3. The Morgan fingerprint density at radius 2 is 1.79 bits per heavy atom. The zero-order valence-corrected chi connectivity index (χ0v) is 18.4. The van der Waals surface area contributed by atoms with E-state index in [1.165, 1.54) is 0 Å². The van der Waals surface area contributed by atoms with Gasteiger partial charge in [-0.15, -0.1) is 0 Å². The molecule has 158 valence electrons. The van der Waals surface area contributed by atoms with E-state index in [0.29, 0.717) is 18.8 Å². The molecule has 1 aromatic heterocycles. The molecule has 0 radical (unpaired) electrons. The minimum atomic E-state index is -0.208. The number of nitrogens with zero attached hydrogens (tertiary/aromatic N) is 3. The Morgan fingerprint density at radius 1 is 1.10 bits per heavy atom. The summed E-state index contributed by atoms with van der Waals surface area (Å²) < 4.78 is 1.75. The molecule has 1 heterocycles. The SMILES string of the molecule is CCCCC(=O)N(CCC)CC(=O)Nc1cc(C(C)(C)C)nn1-c1ccccc1. The zero-order valence-electron chi connectivity index (χ0n) is 18.4. The van der Waals surface area contributed by atoms with Gasteiger partial charge in [0.1, 0.15) is 5.82 Å². The second-order valence-electron chi connectivity index (χ2n) is 8.38. The molecule has 1 aromatic carbocycles. The Labute approximate surface area is 174 Å². The summed E-state index contributed by atoms with van der Waals surface area (Å²) in [6.07, 6.45) is 3.11. The number of carbonyl (C=O) groups is 2. The fourth-order valence-electron chi connectivity index (χ4n) is 3.01. The molecule has 0 atom stereocenters. The predicted molar refractivity (Wildman–Crippen MR) is 117 cm³/mol. The van der Waals surface area contributed by atoms with Crippen molar-refractivity contribution in [3.8, 4) is 5.69 Å². The molecule has 0 bridgehead atoms. The van der Waals surface area contributed by atoms with E-state index in [9.17, 15) is 9.59 Å². The highest BCUT2D eigenvalue weighted by Crippen LogP contribution is 2.26. The third-order valence-electron chi connectivity index (χ3n) is 4.67. The number of carbonyl (C=O) groups excluding carboxylic acids is 2. The lowest BCUT2D eigenvalue weighted by Gasteiger charge is -2.21. The van der Waals surface area contributed by atoms with E-state index in [0.717, 1.165) is 30.6 Å². The smallest absolute Gasteiger partial charge is 0.245 e. The number of unbranched alkanes of at least 4 members (excludes halogenated alkanes) is 1. The number of amides is 2. The van der Waals surface area contributed by atoms with E-state index < -0.39 is 0 Å². The normalized spacial score (nSPS) is 11.3. The second-order valence-corrected chi connectivity index (χ2v) is 8.38. The van der Waals surface area contributed by atoms with Crippen LogP contribution < -0.4 is 5.32 Å². The molecule has 0 fully saturated rings. The first-order valence-corrected chi connectivity index (χ1v) is 10.5. The highest BCUT2D eigenvalue weighted by Gasteiger charge is 2.22. The summed E-state index contributed by atoms with van der Waals surface area (Å²) in [6.45, 7) is 11.0. The van der Waals surface area contributed by atoms with E-state index in [2.05, 4.69) is 33.0 Å². The molecule has 0 spiro atoms. The fourth-order valence-corrected chi connectivity index (χ4v) is 3.01. The van der Waals surface area contributed by atoms with Gasteiger partial charge in [-0.1, -0.05) is 59.2 Å². The number of anilines is 1. The summed E-state index contributed by atoms with van der Waals surface area (Å²) in [5.41, 5.74) is 1.62. The number of nitrogens with one attached hydrogen (secondary N) is 1. The summed E-state index contributed by atoms with van der Waals surface area (Å²) in [5.74, 6) is 0.445. The van der Waals surface area contributed by atoms with Crippen molar-refractivity contribution in [2.45, 2.75) is 65.7 Å². The topological polar surface area (TPSA) is 67.2 Å². The van der Waals surface area contributed by atoms with Gasteiger partial charge in [0, 0.05) is 24.4 Å². The number of hydrogen-bond donors (Lipinski definition) is 1. The largest absolute Gasteiger partial charge is 0.333 e. The van der Waals surface area contributed by atoms with Gasteiger partial charge >= 0.3 is 0 Å². The number of aromatic nitrogens is 2. The van der Waals surface area contributed by atoms with Crippen LogP contribution in [0.5, 0.6) is 0 Å². The summed E-state index contributed by atoms with van der Waals surface area (Å²) in [6, 6.07) is 11.6. The zero-order chi connectivity index (χ0) is 21.4. The van der Waals surface area contributed by atoms with Crippen LogP contribution in [0.25, 0.3) is 5.69 Å². The Kier molecular flexibility index (Phi) is 8.00. The van der Waals surface area contributed by atoms with Gasteiger partial charge < -0.3 is 10.2 Å². The van der Waals surface area contributed by atoms with Crippen molar-refractivity contribution in [2.24, 2.45) is 0 Å². The fraction of sp³-hybridized carbons (Fsp3) is 0.522. The Balaban J connectivity index is 2.22. The van der Waals surface area contributed by atoms with E-state index in [4.69, 9.17) is 5.10 Å². The Bertz CT molecular complexity index is 806. The Morgan fingerprint density at radius 3 is 2.38 bits per heavy atom. The predicted octanol–water partition coefficient (Wildman–Crippen LogP) is 4.54. The molecule has 29 heavy (non-hydrogen) atoms. The van der Waals surface area contributed by atoms with E-state index in [-0.39, 0.29) is 23.8 Å². The molecule has 0 unspecified atom stereocenters. The maximum atomic E-state index is 12.8. The highest BCUT2D eigenvalue weighted by molar-refractivity contribution is 5.94. The van der Waals surface area contributed by atoms with Crippen LogP contribution in [-0.4, -0.2) is 39.6 Å². The summed E-state index contributed by atoms with van der Waals surface area (Å²) >= 11 is 0. The first-order chi connectivity index (χ1) is 13.8. The molecule has 1 N–H and O–H groups in total. The minimum absolute atomic E-state index is 0.0378. The van der Waals surface area contributed by atoms with Crippen molar-refractivity contribution < 1.29 is 9.59 Å². The molecule has 0 saturated heterocycles. The molecular weight excluding hydrogens is 364 g/mol. The van der Waals surface area contributed by atoms with Gasteiger partial charge in [-0.2, -0.15) is 5.10 Å². The molecule has 2 aromatic rings. The van der Waals surface area contributed by atoms with Crippen molar-refractivity contribution in [3.63, 3.8) is 0 Å². The third-order valence-corrected chi connectivity index (χ3v) is 4.67. The molecule has 0 aliphatic rings. The van der Waals surface area contributed by atoms with Crippen LogP contribution in [0.2, 0.25) is 0 Å². The minimum Gasteiger partial charge on any atom is -0.333 e. The molecule has 6 heteroatoms. The molecule has 6 nitrogen and oxygen atoms in total. The molecule has 0 saturated carbocycles. The van der Waals surface area contributed by atoms with Crippen LogP contribution in [0.15, 0.2) is 36.4 Å². The van der Waals surface area contributed by atoms with E-state index >= 15 is 0 Å². The van der Waals surface area contributed by atoms with Gasteiger partial charge in [-0.3, -0.25) is 9.59 Å². The van der Waals surface area contributed by atoms with Crippen molar-refractivity contribution in [1.82, 2.24) is 14.7 Å². The van der Waals surface area contributed by atoms with Crippen LogP contribution in [0, 0.1) is 0 Å². The van der Waals surface area contributed by atoms with Crippen LogP contribution in [0.1, 0.15) is 66.0 Å². The maximum Gasteiger partial charge on any atom is 0.245 e. The lowest BCUT2D eigenvalue weighted by atomic mass is 9.92. The highest BCUT2D eigenvalue weighted by atomic mass is 16.2. The molecule has 0 aliphatic carbocycles. The van der Waals surface area contributed by atoms with Gasteiger partial charge in [0.15, 0.2) is 0 Å². The van der Waals surface area contributed by atoms with Crippen molar-refractivity contribution in [3.05, 3.63) is 42.1 Å². The van der Waals surface area contributed by atoms with Crippen molar-refractivity contribution in [2.75, 3.05) is 18.4 Å². The number of para-hydroxylation sites is 1. The van der Waals surface area contributed by atoms with Crippen molar-refractivity contribution in [1.29, 1.82) is 0 Å². The van der Waals surface area contributed by atoms with Gasteiger partial charge in [0.2, 0.25) is 11.8 Å². The monoisotopic (exact) mass is 398 g/mol.